The average molecular weight is 274 g/mol. The molecular weight excluding hydrogens is 254 g/mol. The standard InChI is InChI=1S/C13H19NO3.ClH/c1-15-11-6-10-8(7-14)4-5-9(10)12(16-2)13(11)17-3;/h6,8H,4-5,7,14H2,1-3H3;1H/t8-;/m0./s1. The topological polar surface area (TPSA) is 53.7 Å². The lowest BCUT2D eigenvalue weighted by Gasteiger charge is -2.17. The van der Waals surface area contributed by atoms with Gasteiger partial charge in [-0.2, -0.15) is 0 Å². The first-order chi connectivity index (χ1) is 8.26. The number of methoxy groups -OCH3 is 3. The zero-order valence-electron chi connectivity index (χ0n) is 11.0. The highest BCUT2D eigenvalue weighted by Gasteiger charge is 2.29. The molecule has 0 spiro atoms. The molecule has 1 aromatic carbocycles. The second-order valence-electron chi connectivity index (χ2n) is 4.18. The zero-order chi connectivity index (χ0) is 12.4. The van der Waals surface area contributed by atoms with Crippen LogP contribution in [0, 0.1) is 0 Å². The van der Waals surface area contributed by atoms with Gasteiger partial charge in [0.25, 0.3) is 0 Å². The maximum absolute atomic E-state index is 5.79. The van der Waals surface area contributed by atoms with Gasteiger partial charge in [0, 0.05) is 5.56 Å². The zero-order valence-corrected chi connectivity index (χ0v) is 11.8. The molecule has 2 rings (SSSR count). The molecule has 18 heavy (non-hydrogen) atoms. The van der Waals surface area contributed by atoms with Gasteiger partial charge in [0.15, 0.2) is 11.5 Å². The summed E-state index contributed by atoms with van der Waals surface area (Å²) in [5, 5.41) is 0. The molecule has 0 unspecified atom stereocenters. The Morgan fingerprint density at radius 1 is 1.17 bits per heavy atom. The Bertz CT molecular complexity index is 423. The first-order valence-electron chi connectivity index (χ1n) is 5.78. The minimum absolute atomic E-state index is 0. The van der Waals surface area contributed by atoms with Crippen LogP contribution in [0.5, 0.6) is 17.2 Å². The Morgan fingerprint density at radius 2 is 1.83 bits per heavy atom. The summed E-state index contributed by atoms with van der Waals surface area (Å²) >= 11 is 0. The van der Waals surface area contributed by atoms with Crippen molar-refractivity contribution in [3.8, 4) is 17.2 Å². The molecule has 0 aromatic heterocycles. The van der Waals surface area contributed by atoms with Crippen LogP contribution in [0.25, 0.3) is 0 Å². The monoisotopic (exact) mass is 273 g/mol. The third-order valence-corrected chi connectivity index (χ3v) is 3.43. The second kappa shape index (κ2) is 6.16. The van der Waals surface area contributed by atoms with E-state index in [1.165, 1.54) is 11.1 Å². The summed E-state index contributed by atoms with van der Waals surface area (Å²) in [5.41, 5.74) is 8.24. The van der Waals surface area contributed by atoms with Gasteiger partial charge in [0.2, 0.25) is 5.75 Å². The Kier molecular flexibility index (Phi) is 5.11. The van der Waals surface area contributed by atoms with Gasteiger partial charge in [0.05, 0.1) is 21.3 Å². The number of ether oxygens (including phenoxy) is 3. The number of hydrogen-bond acceptors (Lipinski definition) is 4. The summed E-state index contributed by atoms with van der Waals surface area (Å²) in [7, 11) is 4.92. The van der Waals surface area contributed by atoms with Crippen molar-refractivity contribution >= 4 is 12.4 Å². The predicted octanol–water partition coefficient (Wildman–Crippen LogP) is 2.12. The number of hydrogen-bond donors (Lipinski definition) is 1. The van der Waals surface area contributed by atoms with Crippen molar-refractivity contribution in [1.82, 2.24) is 0 Å². The predicted molar refractivity (Wildman–Crippen MR) is 73.5 cm³/mol. The molecule has 2 N–H and O–H groups in total. The summed E-state index contributed by atoms with van der Waals surface area (Å²) in [4.78, 5) is 0. The molecule has 4 nitrogen and oxygen atoms in total. The minimum Gasteiger partial charge on any atom is -0.493 e. The van der Waals surface area contributed by atoms with E-state index >= 15 is 0 Å². The summed E-state index contributed by atoms with van der Waals surface area (Å²) < 4.78 is 16.2. The summed E-state index contributed by atoms with van der Waals surface area (Å²) in [6.45, 7) is 0.658. The molecule has 102 valence electrons. The van der Waals surface area contributed by atoms with Gasteiger partial charge < -0.3 is 19.9 Å². The van der Waals surface area contributed by atoms with Crippen LogP contribution >= 0.6 is 12.4 Å². The van der Waals surface area contributed by atoms with E-state index in [4.69, 9.17) is 19.9 Å². The van der Waals surface area contributed by atoms with Crippen LogP contribution in [0.1, 0.15) is 23.5 Å². The van der Waals surface area contributed by atoms with Gasteiger partial charge in [-0.15, -0.1) is 12.4 Å². The Balaban J connectivity index is 0.00000162. The lowest BCUT2D eigenvalue weighted by Crippen LogP contribution is -2.09. The van der Waals surface area contributed by atoms with Gasteiger partial charge in [-0.3, -0.25) is 0 Å². The third-order valence-electron chi connectivity index (χ3n) is 3.43. The normalized spacial score (nSPS) is 16.8. The number of rotatable bonds is 4. The Labute approximate surface area is 114 Å². The molecule has 1 aromatic rings. The minimum atomic E-state index is 0. The molecule has 0 amide bonds. The van der Waals surface area contributed by atoms with Gasteiger partial charge in [-0.1, -0.05) is 0 Å². The summed E-state index contributed by atoms with van der Waals surface area (Å²) in [5.74, 6) is 2.58. The molecule has 0 heterocycles. The molecule has 0 saturated heterocycles. The Morgan fingerprint density at radius 3 is 2.33 bits per heavy atom. The van der Waals surface area contributed by atoms with Crippen molar-refractivity contribution in [3.63, 3.8) is 0 Å². The van der Waals surface area contributed by atoms with Gasteiger partial charge in [0.1, 0.15) is 0 Å². The van der Waals surface area contributed by atoms with Crippen molar-refractivity contribution in [2.75, 3.05) is 27.9 Å². The van der Waals surface area contributed by atoms with E-state index in [2.05, 4.69) is 0 Å². The molecule has 0 bridgehead atoms. The van der Waals surface area contributed by atoms with E-state index in [1.54, 1.807) is 21.3 Å². The highest BCUT2D eigenvalue weighted by Crippen LogP contribution is 2.48. The fourth-order valence-corrected chi connectivity index (χ4v) is 2.58. The first-order valence-corrected chi connectivity index (χ1v) is 5.78. The number of halogens is 1. The molecule has 1 aliphatic rings. The van der Waals surface area contributed by atoms with E-state index in [9.17, 15) is 0 Å². The van der Waals surface area contributed by atoms with Crippen LogP contribution in [0.4, 0.5) is 0 Å². The molecular formula is C13H20ClNO3. The maximum atomic E-state index is 5.79. The molecule has 0 saturated carbocycles. The quantitative estimate of drug-likeness (QED) is 0.913. The highest BCUT2D eigenvalue weighted by atomic mass is 35.5. The fraction of sp³-hybridized carbons (Fsp3) is 0.538. The molecule has 5 heteroatoms. The van der Waals surface area contributed by atoms with Crippen LogP contribution in [0.15, 0.2) is 6.07 Å². The van der Waals surface area contributed by atoms with E-state index < -0.39 is 0 Å². The summed E-state index contributed by atoms with van der Waals surface area (Å²) in [6, 6.07) is 2.03. The van der Waals surface area contributed by atoms with Crippen molar-refractivity contribution in [1.29, 1.82) is 0 Å². The fourth-order valence-electron chi connectivity index (χ4n) is 2.58. The van der Waals surface area contributed by atoms with Crippen molar-refractivity contribution in [3.05, 3.63) is 17.2 Å². The largest absolute Gasteiger partial charge is 0.493 e. The van der Waals surface area contributed by atoms with E-state index in [1.807, 2.05) is 6.07 Å². The van der Waals surface area contributed by atoms with Crippen LogP contribution in [0.3, 0.4) is 0 Å². The first kappa shape index (κ1) is 14.9. The average Bonchev–Trinajstić information content (AvgIpc) is 2.78. The number of nitrogens with two attached hydrogens (primary N) is 1. The molecule has 0 radical (unpaired) electrons. The lowest BCUT2D eigenvalue weighted by atomic mass is 10.0. The van der Waals surface area contributed by atoms with Crippen molar-refractivity contribution < 1.29 is 14.2 Å². The number of benzene rings is 1. The molecule has 1 atom stereocenters. The molecule has 0 aliphatic heterocycles. The SMILES string of the molecule is COc1cc2c(c(OC)c1OC)CC[C@H]2CN.Cl. The van der Waals surface area contributed by atoms with Gasteiger partial charge in [-0.25, -0.2) is 0 Å². The molecule has 1 aliphatic carbocycles. The van der Waals surface area contributed by atoms with Crippen molar-refractivity contribution in [2.45, 2.75) is 18.8 Å². The van der Waals surface area contributed by atoms with E-state index in [-0.39, 0.29) is 12.4 Å². The van der Waals surface area contributed by atoms with Gasteiger partial charge in [-0.05, 0) is 36.9 Å². The highest BCUT2D eigenvalue weighted by molar-refractivity contribution is 5.85. The Hall–Kier alpha value is -1.13. The van der Waals surface area contributed by atoms with Crippen LogP contribution in [-0.2, 0) is 6.42 Å². The maximum Gasteiger partial charge on any atom is 0.203 e. The van der Waals surface area contributed by atoms with Crippen LogP contribution < -0.4 is 19.9 Å². The molecule has 0 fully saturated rings. The lowest BCUT2D eigenvalue weighted by molar-refractivity contribution is 0.322. The third kappa shape index (κ3) is 2.22. The second-order valence-corrected chi connectivity index (χ2v) is 4.18. The smallest absolute Gasteiger partial charge is 0.203 e. The van der Waals surface area contributed by atoms with E-state index in [0.717, 1.165) is 18.6 Å². The van der Waals surface area contributed by atoms with Gasteiger partial charge >= 0.3 is 0 Å². The van der Waals surface area contributed by atoms with E-state index in [0.29, 0.717) is 24.0 Å². The van der Waals surface area contributed by atoms with Crippen LogP contribution in [0.2, 0.25) is 0 Å². The summed E-state index contributed by atoms with van der Waals surface area (Å²) in [6.07, 6.45) is 2.05. The van der Waals surface area contributed by atoms with Crippen LogP contribution in [-0.4, -0.2) is 27.9 Å². The number of fused-ring (bicyclic) bond motifs is 1. The van der Waals surface area contributed by atoms with Crippen molar-refractivity contribution in [2.24, 2.45) is 5.73 Å².